The summed E-state index contributed by atoms with van der Waals surface area (Å²) in [7, 11) is 0. The Balaban J connectivity index is 1.60. The Morgan fingerprint density at radius 2 is 1.89 bits per heavy atom. The third-order valence-corrected chi connectivity index (χ3v) is 5.77. The van der Waals surface area contributed by atoms with Crippen molar-refractivity contribution in [2.75, 3.05) is 25.4 Å². The standard InChI is InChI=1S/C17H18Cl2N6OS/c18-10-4-11(19)6-13(5-10)27-17-23-14-15(20)21-9-22-16(14)25(17)3-1-2-24-7-12(26)8-24/h4-6,9,12,26H,1-3,7-8H2,(H2,20,21,22). The molecule has 1 aliphatic heterocycles. The molecule has 0 radical (unpaired) electrons. The minimum atomic E-state index is -0.190. The number of hydrogen-bond donors (Lipinski definition) is 2. The second-order valence-corrected chi connectivity index (χ2v) is 8.36. The molecule has 1 saturated heterocycles. The number of benzene rings is 1. The van der Waals surface area contributed by atoms with Crippen molar-refractivity contribution in [2.45, 2.75) is 29.1 Å². The maximum Gasteiger partial charge on any atom is 0.175 e. The molecular weight excluding hydrogens is 407 g/mol. The zero-order valence-electron chi connectivity index (χ0n) is 14.3. The first kappa shape index (κ1) is 18.8. The number of β-amino-alcohol motifs (C(OH)–C–C–N with tert-alkyl or cyclic N) is 1. The number of aliphatic hydroxyl groups excluding tert-OH is 1. The van der Waals surface area contributed by atoms with E-state index in [1.807, 2.05) is 16.7 Å². The number of imidazole rings is 1. The summed E-state index contributed by atoms with van der Waals surface area (Å²) in [6, 6.07) is 5.39. The maximum atomic E-state index is 9.41. The summed E-state index contributed by atoms with van der Waals surface area (Å²) in [5.74, 6) is 0.357. The Labute approximate surface area is 170 Å². The largest absolute Gasteiger partial charge is 0.390 e. The van der Waals surface area contributed by atoms with E-state index in [-0.39, 0.29) is 6.10 Å². The molecule has 0 bridgehead atoms. The molecular formula is C17H18Cl2N6OS. The van der Waals surface area contributed by atoms with E-state index in [1.165, 1.54) is 18.1 Å². The highest BCUT2D eigenvalue weighted by atomic mass is 35.5. The summed E-state index contributed by atoms with van der Waals surface area (Å²) >= 11 is 13.7. The van der Waals surface area contributed by atoms with Crippen molar-refractivity contribution in [1.82, 2.24) is 24.4 Å². The average Bonchev–Trinajstić information content (AvgIpc) is 2.91. The maximum absolute atomic E-state index is 9.41. The van der Waals surface area contributed by atoms with Crippen LogP contribution < -0.4 is 5.73 Å². The topological polar surface area (TPSA) is 93.1 Å². The third-order valence-electron chi connectivity index (χ3n) is 4.36. The van der Waals surface area contributed by atoms with Crippen molar-refractivity contribution >= 4 is 51.9 Å². The molecule has 3 aromatic rings. The second kappa shape index (κ2) is 7.81. The third kappa shape index (κ3) is 4.14. The van der Waals surface area contributed by atoms with Crippen LogP contribution in [0.5, 0.6) is 0 Å². The number of fused-ring (bicyclic) bond motifs is 1. The first-order valence-corrected chi connectivity index (χ1v) is 10.1. The van der Waals surface area contributed by atoms with Crippen LogP contribution in [0.15, 0.2) is 34.6 Å². The highest BCUT2D eigenvalue weighted by molar-refractivity contribution is 7.99. The fraction of sp³-hybridized carbons (Fsp3) is 0.353. The lowest BCUT2D eigenvalue weighted by Crippen LogP contribution is -2.50. The van der Waals surface area contributed by atoms with Gasteiger partial charge in [-0.1, -0.05) is 35.0 Å². The van der Waals surface area contributed by atoms with Crippen LogP contribution in [0, 0.1) is 0 Å². The molecule has 0 atom stereocenters. The molecule has 142 valence electrons. The Kier molecular flexibility index (Phi) is 5.43. The summed E-state index contributed by atoms with van der Waals surface area (Å²) in [4.78, 5) is 16.2. The number of likely N-dealkylation sites (tertiary alicyclic amines) is 1. The minimum absolute atomic E-state index is 0.190. The first-order chi connectivity index (χ1) is 13.0. The molecule has 4 rings (SSSR count). The van der Waals surface area contributed by atoms with Gasteiger partial charge in [0.2, 0.25) is 0 Å². The molecule has 1 aliphatic rings. The molecule has 10 heteroatoms. The van der Waals surface area contributed by atoms with Gasteiger partial charge >= 0.3 is 0 Å². The van der Waals surface area contributed by atoms with Gasteiger partial charge in [0, 0.05) is 41.1 Å². The number of rotatable bonds is 6. The van der Waals surface area contributed by atoms with Crippen LogP contribution >= 0.6 is 35.0 Å². The van der Waals surface area contributed by atoms with Gasteiger partial charge in [-0.15, -0.1) is 0 Å². The van der Waals surface area contributed by atoms with E-state index in [2.05, 4.69) is 19.9 Å². The number of anilines is 1. The molecule has 0 aliphatic carbocycles. The van der Waals surface area contributed by atoms with Gasteiger partial charge in [0.25, 0.3) is 0 Å². The lowest BCUT2D eigenvalue weighted by Gasteiger charge is -2.35. The molecule has 0 unspecified atom stereocenters. The van der Waals surface area contributed by atoms with E-state index in [9.17, 15) is 5.11 Å². The number of nitrogen functional groups attached to an aromatic ring is 1. The van der Waals surface area contributed by atoms with E-state index >= 15 is 0 Å². The Morgan fingerprint density at radius 3 is 2.59 bits per heavy atom. The molecule has 3 N–H and O–H groups in total. The summed E-state index contributed by atoms with van der Waals surface area (Å²) in [5.41, 5.74) is 7.29. The highest BCUT2D eigenvalue weighted by Gasteiger charge is 2.23. The van der Waals surface area contributed by atoms with Crippen LogP contribution in [0.25, 0.3) is 11.2 Å². The van der Waals surface area contributed by atoms with Crippen LogP contribution in [0.2, 0.25) is 10.0 Å². The molecule has 7 nitrogen and oxygen atoms in total. The van der Waals surface area contributed by atoms with E-state index in [4.69, 9.17) is 28.9 Å². The monoisotopic (exact) mass is 424 g/mol. The van der Waals surface area contributed by atoms with Gasteiger partial charge in [-0.05, 0) is 24.6 Å². The van der Waals surface area contributed by atoms with E-state index in [1.54, 1.807) is 6.07 Å². The van der Waals surface area contributed by atoms with Crippen molar-refractivity contribution in [3.8, 4) is 0 Å². The number of aliphatic hydroxyl groups is 1. The van der Waals surface area contributed by atoms with Crippen LogP contribution in [0.3, 0.4) is 0 Å². The quantitative estimate of drug-likeness (QED) is 0.627. The van der Waals surface area contributed by atoms with E-state index in [0.717, 1.165) is 42.7 Å². The number of nitrogens with zero attached hydrogens (tertiary/aromatic N) is 5. The van der Waals surface area contributed by atoms with Crippen LogP contribution in [-0.2, 0) is 6.54 Å². The predicted molar refractivity (Wildman–Crippen MR) is 107 cm³/mol. The minimum Gasteiger partial charge on any atom is -0.390 e. The molecule has 0 spiro atoms. The Morgan fingerprint density at radius 1 is 1.15 bits per heavy atom. The van der Waals surface area contributed by atoms with E-state index in [0.29, 0.717) is 27.0 Å². The zero-order valence-corrected chi connectivity index (χ0v) is 16.7. The predicted octanol–water partition coefficient (Wildman–Crippen LogP) is 2.93. The van der Waals surface area contributed by atoms with Gasteiger partial charge in [0.05, 0.1) is 6.10 Å². The lowest BCUT2D eigenvalue weighted by atomic mass is 10.1. The zero-order chi connectivity index (χ0) is 19.0. The molecule has 27 heavy (non-hydrogen) atoms. The van der Waals surface area contributed by atoms with Crippen LogP contribution in [-0.4, -0.2) is 55.3 Å². The van der Waals surface area contributed by atoms with Crippen molar-refractivity contribution in [3.05, 3.63) is 34.6 Å². The fourth-order valence-electron chi connectivity index (χ4n) is 3.08. The summed E-state index contributed by atoms with van der Waals surface area (Å²) < 4.78 is 2.04. The van der Waals surface area contributed by atoms with E-state index < -0.39 is 0 Å². The fourth-order valence-corrected chi connectivity index (χ4v) is 4.75. The second-order valence-electron chi connectivity index (χ2n) is 6.45. The van der Waals surface area contributed by atoms with Gasteiger partial charge in [-0.2, -0.15) is 0 Å². The van der Waals surface area contributed by atoms with Crippen molar-refractivity contribution < 1.29 is 5.11 Å². The van der Waals surface area contributed by atoms with Crippen molar-refractivity contribution in [1.29, 1.82) is 0 Å². The first-order valence-electron chi connectivity index (χ1n) is 8.50. The average molecular weight is 425 g/mol. The van der Waals surface area contributed by atoms with Gasteiger partial charge in [-0.3, -0.25) is 4.90 Å². The Bertz CT molecular complexity index is 955. The number of hydrogen-bond acceptors (Lipinski definition) is 7. The lowest BCUT2D eigenvalue weighted by molar-refractivity contribution is 0.00119. The summed E-state index contributed by atoms with van der Waals surface area (Å²) in [6.45, 7) is 3.12. The van der Waals surface area contributed by atoms with Crippen LogP contribution in [0.4, 0.5) is 5.82 Å². The van der Waals surface area contributed by atoms with Crippen LogP contribution in [0.1, 0.15) is 6.42 Å². The van der Waals surface area contributed by atoms with Gasteiger partial charge in [0.15, 0.2) is 22.1 Å². The number of nitrogens with two attached hydrogens (primary N) is 1. The van der Waals surface area contributed by atoms with Crippen molar-refractivity contribution in [3.63, 3.8) is 0 Å². The molecule has 0 saturated carbocycles. The number of halogens is 2. The molecule has 0 amide bonds. The molecule has 2 aromatic heterocycles. The smallest absolute Gasteiger partial charge is 0.175 e. The summed E-state index contributed by atoms with van der Waals surface area (Å²) in [5, 5.41) is 11.3. The summed E-state index contributed by atoms with van der Waals surface area (Å²) in [6.07, 6.45) is 2.17. The highest BCUT2D eigenvalue weighted by Crippen LogP contribution is 2.34. The normalized spacial score (nSPS) is 15.4. The van der Waals surface area contributed by atoms with Gasteiger partial charge < -0.3 is 15.4 Å². The molecule has 3 heterocycles. The van der Waals surface area contributed by atoms with Crippen molar-refractivity contribution in [2.24, 2.45) is 0 Å². The van der Waals surface area contributed by atoms with Gasteiger partial charge in [0.1, 0.15) is 6.33 Å². The number of aryl methyl sites for hydroxylation is 1. The molecule has 1 fully saturated rings. The molecule has 1 aromatic carbocycles. The SMILES string of the molecule is Nc1ncnc2c1nc(Sc1cc(Cl)cc(Cl)c1)n2CCCN1CC(O)C1. The van der Waals surface area contributed by atoms with Gasteiger partial charge in [-0.25, -0.2) is 15.0 Å². The number of aromatic nitrogens is 4. The Hall–Kier alpha value is -1.58.